The van der Waals surface area contributed by atoms with E-state index in [0.717, 1.165) is 18.5 Å². The summed E-state index contributed by atoms with van der Waals surface area (Å²) in [4.78, 5) is 4.31. The molecule has 0 amide bonds. The molecule has 0 aliphatic carbocycles. The zero-order valence-corrected chi connectivity index (χ0v) is 16.0. The van der Waals surface area contributed by atoms with Crippen LogP contribution in [0.25, 0.3) is 0 Å². The Morgan fingerprint density at radius 2 is 2.09 bits per heavy atom. The molecule has 1 aromatic carbocycles. The Bertz CT molecular complexity index is 524. The second-order valence-corrected chi connectivity index (χ2v) is 5.82. The summed E-state index contributed by atoms with van der Waals surface area (Å²) in [6, 6.07) is 3.73. The highest BCUT2D eigenvalue weighted by Gasteiger charge is 2.16. The number of nitrogens with zero attached hydrogens (tertiary/aromatic N) is 1. The van der Waals surface area contributed by atoms with Crippen molar-refractivity contribution >= 4 is 41.5 Å². The van der Waals surface area contributed by atoms with Crippen LogP contribution in [0.1, 0.15) is 25.8 Å². The molecule has 124 valence electrons. The van der Waals surface area contributed by atoms with Crippen LogP contribution in [0.3, 0.4) is 0 Å². The van der Waals surface area contributed by atoms with Crippen LogP contribution in [0.5, 0.6) is 11.5 Å². The van der Waals surface area contributed by atoms with E-state index in [4.69, 9.17) is 26.8 Å². The summed E-state index contributed by atoms with van der Waals surface area (Å²) in [5.41, 5.74) is 6.78. The zero-order chi connectivity index (χ0) is 15.2. The molecular formula is C15H23ClIN3O2. The molecular weight excluding hydrogens is 417 g/mol. The number of hydrogen-bond acceptors (Lipinski definition) is 3. The highest BCUT2D eigenvalue weighted by molar-refractivity contribution is 14.0. The number of benzene rings is 1. The number of aliphatic imine (C=N–C) groups is 1. The Labute approximate surface area is 153 Å². The third kappa shape index (κ3) is 5.72. The van der Waals surface area contributed by atoms with E-state index in [2.05, 4.69) is 24.2 Å². The smallest absolute Gasteiger partial charge is 0.188 e. The molecule has 0 saturated carbocycles. The van der Waals surface area contributed by atoms with Crippen LogP contribution in [-0.2, 0) is 6.54 Å². The van der Waals surface area contributed by atoms with E-state index in [1.165, 1.54) is 0 Å². The van der Waals surface area contributed by atoms with Crippen molar-refractivity contribution in [1.82, 2.24) is 5.32 Å². The maximum Gasteiger partial charge on any atom is 0.188 e. The van der Waals surface area contributed by atoms with Gasteiger partial charge in [-0.05, 0) is 30.0 Å². The first kappa shape index (κ1) is 19.2. The predicted octanol–water partition coefficient (Wildman–Crippen LogP) is 3.18. The molecule has 3 N–H and O–H groups in total. The number of fused-ring (bicyclic) bond motifs is 1. The van der Waals surface area contributed by atoms with E-state index in [1.807, 2.05) is 12.1 Å². The lowest BCUT2D eigenvalue weighted by molar-refractivity contribution is 0.171. The molecule has 1 aliphatic heterocycles. The van der Waals surface area contributed by atoms with Gasteiger partial charge < -0.3 is 20.5 Å². The summed E-state index contributed by atoms with van der Waals surface area (Å²) in [5.74, 6) is 2.37. The van der Waals surface area contributed by atoms with Gasteiger partial charge in [0.05, 0.1) is 11.6 Å². The highest BCUT2D eigenvalue weighted by Crippen LogP contribution is 2.38. The second-order valence-electron chi connectivity index (χ2n) is 5.41. The van der Waals surface area contributed by atoms with Crippen LogP contribution in [0, 0.1) is 5.92 Å². The van der Waals surface area contributed by atoms with E-state index in [-0.39, 0.29) is 24.0 Å². The van der Waals surface area contributed by atoms with Gasteiger partial charge >= 0.3 is 0 Å². The van der Waals surface area contributed by atoms with Crippen LogP contribution < -0.4 is 20.5 Å². The fourth-order valence-corrected chi connectivity index (χ4v) is 2.26. The number of halogens is 2. The molecule has 1 heterocycles. The largest absolute Gasteiger partial charge is 0.486 e. The average molecular weight is 440 g/mol. The van der Waals surface area contributed by atoms with Crippen molar-refractivity contribution in [1.29, 1.82) is 0 Å². The van der Waals surface area contributed by atoms with Crippen LogP contribution in [0.4, 0.5) is 0 Å². The van der Waals surface area contributed by atoms with Crippen LogP contribution >= 0.6 is 35.6 Å². The number of hydrogen-bond donors (Lipinski definition) is 2. The van der Waals surface area contributed by atoms with Crippen molar-refractivity contribution in [3.8, 4) is 11.5 Å². The molecule has 0 aromatic heterocycles. The SMILES string of the molecule is CC(C)CCNC(N)=NCc1cc(Cl)c2c(c1)OCCO2.I. The summed E-state index contributed by atoms with van der Waals surface area (Å²) >= 11 is 6.18. The Morgan fingerprint density at radius 1 is 1.36 bits per heavy atom. The number of guanidine groups is 1. The monoisotopic (exact) mass is 439 g/mol. The molecule has 1 aromatic rings. The number of rotatable bonds is 5. The van der Waals surface area contributed by atoms with Gasteiger partial charge in [-0.1, -0.05) is 25.4 Å². The molecule has 0 spiro atoms. The van der Waals surface area contributed by atoms with E-state index in [0.29, 0.717) is 48.2 Å². The van der Waals surface area contributed by atoms with Gasteiger partial charge in [-0.15, -0.1) is 24.0 Å². The minimum Gasteiger partial charge on any atom is -0.486 e. The first-order chi connectivity index (χ1) is 10.1. The zero-order valence-electron chi connectivity index (χ0n) is 12.9. The van der Waals surface area contributed by atoms with E-state index in [1.54, 1.807) is 0 Å². The number of ether oxygens (including phenoxy) is 2. The lowest BCUT2D eigenvalue weighted by atomic mass is 10.1. The predicted molar refractivity (Wildman–Crippen MR) is 101 cm³/mol. The van der Waals surface area contributed by atoms with E-state index < -0.39 is 0 Å². The van der Waals surface area contributed by atoms with Gasteiger partial charge in [-0.25, -0.2) is 4.99 Å². The maximum absolute atomic E-state index is 6.18. The first-order valence-electron chi connectivity index (χ1n) is 7.18. The van der Waals surface area contributed by atoms with Gasteiger partial charge in [-0.2, -0.15) is 0 Å². The summed E-state index contributed by atoms with van der Waals surface area (Å²) < 4.78 is 11.0. The molecule has 0 atom stereocenters. The number of nitrogens with one attached hydrogen (secondary N) is 1. The fourth-order valence-electron chi connectivity index (χ4n) is 1.98. The minimum atomic E-state index is 0. The van der Waals surface area contributed by atoms with Crippen molar-refractivity contribution in [3.63, 3.8) is 0 Å². The maximum atomic E-state index is 6.18. The Morgan fingerprint density at radius 3 is 2.82 bits per heavy atom. The molecule has 2 rings (SSSR count). The van der Waals surface area contributed by atoms with Crippen molar-refractivity contribution in [3.05, 3.63) is 22.7 Å². The lowest BCUT2D eigenvalue weighted by Gasteiger charge is -2.20. The molecule has 0 fully saturated rings. The van der Waals surface area contributed by atoms with Crippen LogP contribution in [0.2, 0.25) is 5.02 Å². The van der Waals surface area contributed by atoms with Gasteiger partial charge in [0.25, 0.3) is 0 Å². The van der Waals surface area contributed by atoms with Gasteiger partial charge in [0.15, 0.2) is 17.5 Å². The van der Waals surface area contributed by atoms with Crippen LogP contribution in [0.15, 0.2) is 17.1 Å². The normalized spacial score (nSPS) is 13.7. The fraction of sp³-hybridized carbons (Fsp3) is 0.533. The molecule has 0 radical (unpaired) electrons. The quantitative estimate of drug-likeness (QED) is 0.420. The highest BCUT2D eigenvalue weighted by atomic mass is 127. The third-order valence-electron chi connectivity index (χ3n) is 3.12. The summed E-state index contributed by atoms with van der Waals surface area (Å²) in [6.07, 6.45) is 1.06. The second kappa shape index (κ2) is 9.29. The lowest BCUT2D eigenvalue weighted by Crippen LogP contribution is -2.32. The molecule has 22 heavy (non-hydrogen) atoms. The topological polar surface area (TPSA) is 68.9 Å². The molecule has 7 heteroatoms. The summed E-state index contributed by atoms with van der Waals surface area (Å²) in [7, 11) is 0. The average Bonchev–Trinajstić information content (AvgIpc) is 2.45. The van der Waals surface area contributed by atoms with E-state index >= 15 is 0 Å². The Hall–Kier alpha value is -0.890. The molecule has 5 nitrogen and oxygen atoms in total. The Balaban J connectivity index is 0.00000242. The van der Waals surface area contributed by atoms with Crippen LogP contribution in [-0.4, -0.2) is 25.7 Å². The van der Waals surface area contributed by atoms with Crippen molar-refractivity contribution in [2.45, 2.75) is 26.8 Å². The number of nitrogens with two attached hydrogens (primary N) is 1. The first-order valence-corrected chi connectivity index (χ1v) is 7.56. The van der Waals surface area contributed by atoms with Crippen molar-refractivity contribution < 1.29 is 9.47 Å². The molecule has 0 saturated heterocycles. The van der Waals surface area contributed by atoms with E-state index in [9.17, 15) is 0 Å². The summed E-state index contributed by atoms with van der Waals surface area (Å²) in [5, 5.41) is 3.65. The summed E-state index contributed by atoms with van der Waals surface area (Å²) in [6.45, 7) is 6.69. The molecule has 1 aliphatic rings. The Kier molecular flexibility index (Phi) is 8.09. The molecule has 0 unspecified atom stereocenters. The van der Waals surface area contributed by atoms with Gasteiger partial charge in [-0.3, -0.25) is 0 Å². The molecule has 0 bridgehead atoms. The van der Waals surface area contributed by atoms with Crippen molar-refractivity contribution in [2.75, 3.05) is 19.8 Å². The van der Waals surface area contributed by atoms with Gasteiger partial charge in [0, 0.05) is 6.54 Å². The van der Waals surface area contributed by atoms with Gasteiger partial charge in [0.1, 0.15) is 13.2 Å². The standard InChI is InChI=1S/C15H22ClN3O2.HI/c1-10(2)3-4-18-15(17)19-9-11-7-12(16)14-13(8-11)20-5-6-21-14;/h7-8,10H,3-6,9H2,1-2H3,(H3,17,18,19);1H. The minimum absolute atomic E-state index is 0. The van der Waals surface area contributed by atoms with Crippen molar-refractivity contribution in [2.24, 2.45) is 16.6 Å². The van der Waals surface area contributed by atoms with Gasteiger partial charge in [0.2, 0.25) is 0 Å². The third-order valence-corrected chi connectivity index (χ3v) is 3.40.